The fourth-order valence-corrected chi connectivity index (χ4v) is 4.59. The topological polar surface area (TPSA) is 145 Å². The molecule has 0 saturated heterocycles. The molecule has 0 aromatic heterocycles. The summed E-state index contributed by atoms with van der Waals surface area (Å²) >= 11 is 0. The summed E-state index contributed by atoms with van der Waals surface area (Å²) in [6.07, 6.45) is 9.54. The van der Waals surface area contributed by atoms with E-state index in [1.54, 1.807) is 12.1 Å². The minimum absolute atomic E-state index is 0. The van der Waals surface area contributed by atoms with Gasteiger partial charge in [-0.25, -0.2) is 0 Å². The van der Waals surface area contributed by atoms with Crippen molar-refractivity contribution in [1.82, 2.24) is 0 Å². The number of nitrogens with zero attached hydrogens (tertiary/aromatic N) is 2. The zero-order valence-corrected chi connectivity index (χ0v) is 27.8. The van der Waals surface area contributed by atoms with Crippen LogP contribution in [0.15, 0.2) is 46.4 Å². The molecule has 1 fully saturated rings. The Kier molecular flexibility index (Phi) is 17.1. The molecule has 43 heavy (non-hydrogen) atoms. The molecule has 0 unspecified atom stereocenters. The Morgan fingerprint density at radius 2 is 1.00 bits per heavy atom. The van der Waals surface area contributed by atoms with Crippen molar-refractivity contribution < 1.29 is 46.8 Å². The maximum atomic E-state index is 10.3. The Labute approximate surface area is 267 Å². The maximum Gasteiger partial charge on any atom is 2.00 e. The van der Waals surface area contributed by atoms with Crippen molar-refractivity contribution in [2.75, 3.05) is 0 Å². The number of benzene rings is 2. The van der Waals surface area contributed by atoms with Gasteiger partial charge in [0, 0.05) is 35.5 Å². The SMILES string of the molecule is CC(=O)[O-].CC(=O)[O-].CC(C)(C)Cc1ccc(O)c(C=NC2CCC(N=Cc3cc(CC(C)(C)C)ccc3O)CC2)c1.[Co+2]. The second-order valence-corrected chi connectivity index (χ2v) is 13.3. The second-order valence-electron chi connectivity index (χ2n) is 13.3. The third-order valence-corrected chi connectivity index (χ3v) is 6.17. The normalized spacial score (nSPS) is 16.8. The first kappa shape index (κ1) is 39.8. The molecule has 2 N–H and O–H groups in total. The molecule has 1 saturated carbocycles. The number of carboxylic acids is 2. The van der Waals surface area contributed by atoms with Crippen molar-refractivity contribution in [2.45, 2.75) is 106 Å². The van der Waals surface area contributed by atoms with Gasteiger partial charge < -0.3 is 30.0 Å². The zero-order valence-electron chi connectivity index (χ0n) is 26.8. The van der Waals surface area contributed by atoms with E-state index >= 15 is 0 Å². The van der Waals surface area contributed by atoms with Gasteiger partial charge in [0.25, 0.3) is 0 Å². The van der Waals surface area contributed by atoms with Gasteiger partial charge in [-0.2, -0.15) is 0 Å². The number of phenols is 2. The Balaban J connectivity index is 0.00000174. The van der Waals surface area contributed by atoms with Crippen LogP contribution in [-0.4, -0.2) is 46.7 Å². The molecule has 0 bridgehead atoms. The van der Waals surface area contributed by atoms with E-state index in [0.29, 0.717) is 0 Å². The predicted molar refractivity (Wildman–Crippen MR) is 165 cm³/mol. The molecule has 9 heteroatoms. The van der Waals surface area contributed by atoms with Crippen LogP contribution in [0.3, 0.4) is 0 Å². The van der Waals surface area contributed by atoms with Crippen molar-refractivity contribution in [2.24, 2.45) is 20.8 Å². The molecule has 0 amide bonds. The number of carboxylic acid groups (broad SMARTS) is 2. The average Bonchev–Trinajstić information content (AvgIpc) is 2.83. The van der Waals surface area contributed by atoms with Crippen LogP contribution in [0.4, 0.5) is 0 Å². The van der Waals surface area contributed by atoms with E-state index in [2.05, 4.69) is 53.7 Å². The number of aliphatic imine (C=N–C) groups is 2. The van der Waals surface area contributed by atoms with E-state index in [-0.39, 0.29) is 51.2 Å². The molecule has 3 rings (SSSR count). The molecule has 239 valence electrons. The van der Waals surface area contributed by atoms with Crippen molar-refractivity contribution in [1.29, 1.82) is 0 Å². The van der Waals surface area contributed by atoms with Crippen LogP contribution in [0.25, 0.3) is 0 Å². The zero-order chi connectivity index (χ0) is 32.1. The first-order chi connectivity index (χ1) is 19.3. The number of phenolic OH excluding ortho intramolecular Hbond substituents is 2. The Hall–Kier alpha value is -3.17. The van der Waals surface area contributed by atoms with E-state index in [4.69, 9.17) is 29.8 Å². The van der Waals surface area contributed by atoms with Gasteiger partial charge in [-0.05, 0) is 98.6 Å². The van der Waals surface area contributed by atoms with Gasteiger partial charge in [-0.3, -0.25) is 9.98 Å². The summed E-state index contributed by atoms with van der Waals surface area (Å²) < 4.78 is 0. The van der Waals surface area contributed by atoms with Gasteiger partial charge in [0.1, 0.15) is 11.5 Å². The maximum absolute atomic E-state index is 10.3. The Morgan fingerprint density at radius 1 is 0.721 bits per heavy atom. The van der Waals surface area contributed by atoms with Gasteiger partial charge in [0.05, 0.1) is 12.1 Å². The van der Waals surface area contributed by atoms with E-state index in [1.165, 1.54) is 11.1 Å². The number of hydrogen-bond acceptors (Lipinski definition) is 8. The van der Waals surface area contributed by atoms with Gasteiger partial charge >= 0.3 is 16.8 Å². The number of aromatic hydroxyl groups is 2. The monoisotopic (exact) mass is 639 g/mol. The standard InChI is InChI=1S/C30H42N2O2.2C2H4O2.Co/c1-29(2,3)17-21-7-13-27(33)23(15-21)19-31-25-9-11-26(12-10-25)32-20-24-16-22(8-14-28(24)34)18-30(4,5)6;2*1-2(3)4;/h7-8,13-16,19-20,25-26,33-34H,9-12,17-18H2,1-6H3;2*1H3,(H,3,4);/q;;;+2/p-2. The van der Waals surface area contributed by atoms with Gasteiger partial charge in [-0.1, -0.05) is 53.7 Å². The number of aliphatic carboxylic acids is 2. The van der Waals surface area contributed by atoms with Crippen LogP contribution in [0, 0.1) is 10.8 Å². The number of rotatable bonds is 6. The molecule has 0 atom stereocenters. The van der Waals surface area contributed by atoms with Crippen LogP contribution >= 0.6 is 0 Å². The molecule has 2 aromatic rings. The summed E-state index contributed by atoms with van der Waals surface area (Å²) in [5, 5.41) is 38.3. The molecule has 0 aliphatic heterocycles. The largest absolute Gasteiger partial charge is 2.00 e. The predicted octanol–water partition coefficient (Wildman–Crippen LogP) is 4.63. The molecule has 8 nitrogen and oxygen atoms in total. The molecule has 0 heterocycles. The summed E-state index contributed by atoms with van der Waals surface area (Å²) in [6.45, 7) is 15.3. The minimum atomic E-state index is -1.08. The number of carbonyl (C=O) groups is 2. The fraction of sp³-hybridized carbons (Fsp3) is 0.529. The van der Waals surface area contributed by atoms with Crippen LogP contribution in [0.2, 0.25) is 0 Å². The Bertz CT molecular complexity index is 1120. The quantitative estimate of drug-likeness (QED) is 0.441. The number of hydrogen-bond donors (Lipinski definition) is 2. The molecule has 1 aliphatic carbocycles. The second kappa shape index (κ2) is 18.5. The molecule has 0 spiro atoms. The van der Waals surface area contributed by atoms with Crippen LogP contribution in [0.1, 0.15) is 103 Å². The van der Waals surface area contributed by atoms with Crippen molar-refractivity contribution in [3.63, 3.8) is 0 Å². The smallest absolute Gasteiger partial charge is 0.550 e. The third-order valence-electron chi connectivity index (χ3n) is 6.17. The first-order valence-electron chi connectivity index (χ1n) is 14.4. The first-order valence-corrected chi connectivity index (χ1v) is 14.4. The van der Waals surface area contributed by atoms with Gasteiger partial charge in [-0.15, -0.1) is 0 Å². The van der Waals surface area contributed by atoms with E-state index in [1.807, 2.05) is 24.6 Å². The summed E-state index contributed by atoms with van der Waals surface area (Å²) in [7, 11) is 0. The number of carbonyl (C=O) groups excluding carboxylic acids is 2. The van der Waals surface area contributed by atoms with E-state index in [9.17, 15) is 10.2 Å². The van der Waals surface area contributed by atoms with Gasteiger partial charge in [0.2, 0.25) is 0 Å². The van der Waals surface area contributed by atoms with Crippen LogP contribution < -0.4 is 10.2 Å². The summed E-state index contributed by atoms with van der Waals surface area (Å²) in [4.78, 5) is 27.4. The van der Waals surface area contributed by atoms with Crippen molar-refractivity contribution in [3.05, 3.63) is 58.7 Å². The molecule has 2 aromatic carbocycles. The van der Waals surface area contributed by atoms with Crippen LogP contribution in [-0.2, 0) is 39.2 Å². The summed E-state index contributed by atoms with van der Waals surface area (Å²) in [5.74, 6) is -1.60. The third kappa shape index (κ3) is 18.9. The Morgan fingerprint density at radius 3 is 1.26 bits per heavy atom. The van der Waals surface area contributed by atoms with Crippen molar-refractivity contribution >= 4 is 24.4 Å². The summed E-state index contributed by atoms with van der Waals surface area (Å²) in [5.41, 5.74) is 4.45. The van der Waals surface area contributed by atoms with Crippen LogP contribution in [0.5, 0.6) is 11.5 Å². The van der Waals surface area contributed by atoms with E-state index in [0.717, 1.165) is 63.5 Å². The van der Waals surface area contributed by atoms with Gasteiger partial charge in [0.15, 0.2) is 0 Å². The molecule has 1 radical (unpaired) electrons. The van der Waals surface area contributed by atoms with Crippen molar-refractivity contribution in [3.8, 4) is 11.5 Å². The molecular formula is C34H48CoN2O6. The molecular weight excluding hydrogens is 591 g/mol. The average molecular weight is 640 g/mol. The minimum Gasteiger partial charge on any atom is -0.550 e. The van der Waals surface area contributed by atoms with E-state index < -0.39 is 11.9 Å². The fourth-order valence-electron chi connectivity index (χ4n) is 4.59. The molecule has 1 aliphatic rings. The summed E-state index contributed by atoms with van der Waals surface area (Å²) in [6, 6.07) is 12.2.